The average Bonchev–Trinajstić information content (AvgIpc) is 3.05. The highest BCUT2D eigenvalue weighted by Crippen LogP contribution is 2.40. The third kappa shape index (κ3) is 5.94. The fourth-order valence-electron chi connectivity index (χ4n) is 7.51. The maximum atomic E-state index is 14.6. The van der Waals surface area contributed by atoms with Crippen molar-refractivity contribution >= 4 is 23.2 Å². The van der Waals surface area contributed by atoms with Crippen LogP contribution in [0.15, 0.2) is 89.7 Å². The van der Waals surface area contributed by atoms with E-state index in [1.807, 2.05) is 39.8 Å². The van der Waals surface area contributed by atoms with Crippen molar-refractivity contribution in [3.05, 3.63) is 129 Å². The van der Waals surface area contributed by atoms with E-state index in [-0.39, 0.29) is 23.3 Å². The average molecular weight is 623 g/mol. The van der Waals surface area contributed by atoms with Crippen molar-refractivity contribution in [2.24, 2.45) is 11.8 Å². The lowest BCUT2D eigenvalue weighted by molar-refractivity contribution is 0.0690. The summed E-state index contributed by atoms with van der Waals surface area (Å²) in [6, 6.07) is 24.3. The molecular formula is C37H36F2N4O3. The molecule has 3 aliphatic heterocycles. The third-order valence-electron chi connectivity index (χ3n) is 9.77. The Balaban J connectivity index is 1.15. The number of aromatic nitrogens is 1. The van der Waals surface area contributed by atoms with Crippen LogP contribution in [0.1, 0.15) is 57.2 Å². The summed E-state index contributed by atoms with van der Waals surface area (Å²) in [5, 5.41) is 2.75. The molecule has 2 fully saturated rings. The molecule has 2 bridgehead atoms. The Hall–Kier alpha value is -4.79. The Morgan fingerprint density at radius 1 is 0.826 bits per heavy atom. The molecule has 0 radical (unpaired) electrons. The molecule has 0 saturated carbocycles. The smallest absolute Gasteiger partial charge is 0.261 e. The Bertz CT molecular complexity index is 1810. The maximum absolute atomic E-state index is 14.6. The predicted octanol–water partition coefficient (Wildman–Crippen LogP) is 6.10. The van der Waals surface area contributed by atoms with Crippen LogP contribution in [0.3, 0.4) is 0 Å². The fraction of sp³-hybridized carbons (Fsp3) is 0.324. The number of benzene rings is 3. The molecule has 4 heterocycles. The number of pyridine rings is 1. The number of nitrogens with one attached hydrogen (secondary N) is 1. The topological polar surface area (TPSA) is 74.7 Å². The Morgan fingerprint density at radius 2 is 1.57 bits per heavy atom. The first-order valence-electron chi connectivity index (χ1n) is 16.0. The first kappa shape index (κ1) is 29.9. The summed E-state index contributed by atoms with van der Waals surface area (Å²) in [6.45, 7) is 3.10. The largest absolute Gasteiger partial charge is 0.369 e. The van der Waals surface area contributed by atoms with Crippen molar-refractivity contribution in [1.29, 1.82) is 0 Å². The quantitative estimate of drug-likeness (QED) is 0.282. The van der Waals surface area contributed by atoms with Crippen molar-refractivity contribution in [2.75, 3.05) is 36.4 Å². The van der Waals surface area contributed by atoms with Gasteiger partial charge in [-0.25, -0.2) is 8.78 Å². The van der Waals surface area contributed by atoms with Gasteiger partial charge in [0.05, 0.1) is 11.4 Å². The summed E-state index contributed by atoms with van der Waals surface area (Å²) in [6.07, 6.45) is 3.72. The zero-order chi connectivity index (χ0) is 31.8. The molecule has 3 aliphatic rings. The van der Waals surface area contributed by atoms with Crippen LogP contribution in [-0.4, -0.2) is 47.5 Å². The molecule has 0 aliphatic carbocycles. The molecule has 0 spiro atoms. The summed E-state index contributed by atoms with van der Waals surface area (Å²) in [5.74, 6) is -2.17. The highest BCUT2D eigenvalue weighted by Gasteiger charge is 2.36. The first-order chi connectivity index (χ1) is 22.3. The number of anilines is 2. The van der Waals surface area contributed by atoms with Gasteiger partial charge in [-0.1, -0.05) is 42.5 Å². The first-order valence-corrected chi connectivity index (χ1v) is 16.0. The van der Waals surface area contributed by atoms with Crippen LogP contribution < -0.4 is 15.8 Å². The highest BCUT2D eigenvalue weighted by molar-refractivity contribution is 6.07. The van der Waals surface area contributed by atoms with Gasteiger partial charge in [0.1, 0.15) is 17.2 Å². The normalized spacial score (nSPS) is 19.4. The lowest BCUT2D eigenvalue weighted by Gasteiger charge is -2.44. The Labute approximate surface area is 266 Å². The van der Waals surface area contributed by atoms with Crippen LogP contribution in [0.25, 0.3) is 0 Å². The number of piperidine rings is 2. The molecule has 2 amide bonds. The molecule has 2 atom stereocenters. The van der Waals surface area contributed by atoms with E-state index in [1.54, 1.807) is 24.3 Å². The molecule has 46 heavy (non-hydrogen) atoms. The fourth-order valence-corrected chi connectivity index (χ4v) is 7.51. The van der Waals surface area contributed by atoms with Gasteiger partial charge >= 0.3 is 0 Å². The minimum Gasteiger partial charge on any atom is -0.369 e. The monoisotopic (exact) mass is 622 g/mol. The van der Waals surface area contributed by atoms with Crippen LogP contribution in [0.5, 0.6) is 0 Å². The highest BCUT2D eigenvalue weighted by atomic mass is 19.1. The number of fused-ring (bicyclic) bond motifs is 4. The van der Waals surface area contributed by atoms with Crippen LogP contribution in [0.2, 0.25) is 0 Å². The second kappa shape index (κ2) is 12.5. The van der Waals surface area contributed by atoms with E-state index >= 15 is 0 Å². The maximum Gasteiger partial charge on any atom is 0.261 e. The van der Waals surface area contributed by atoms with Gasteiger partial charge in [-0.2, -0.15) is 0 Å². The number of likely N-dealkylation sites (tertiary alicyclic amines) is 1. The minimum atomic E-state index is -0.959. The van der Waals surface area contributed by atoms with E-state index < -0.39 is 23.1 Å². The number of hydrogen-bond acceptors (Lipinski definition) is 4. The summed E-state index contributed by atoms with van der Waals surface area (Å²) in [7, 11) is 0. The van der Waals surface area contributed by atoms with Crippen LogP contribution in [0.4, 0.5) is 20.2 Å². The van der Waals surface area contributed by atoms with E-state index in [1.165, 1.54) is 11.6 Å². The van der Waals surface area contributed by atoms with Gasteiger partial charge in [-0.15, -0.1) is 0 Å². The molecule has 3 aromatic carbocycles. The van der Waals surface area contributed by atoms with Gasteiger partial charge in [-0.3, -0.25) is 14.4 Å². The minimum absolute atomic E-state index is 0.00696. The van der Waals surface area contributed by atoms with Crippen molar-refractivity contribution < 1.29 is 18.4 Å². The Morgan fingerprint density at radius 3 is 2.33 bits per heavy atom. The lowest BCUT2D eigenvalue weighted by Crippen LogP contribution is -2.47. The van der Waals surface area contributed by atoms with Crippen molar-refractivity contribution in [3.8, 4) is 0 Å². The van der Waals surface area contributed by atoms with E-state index in [2.05, 4.69) is 22.3 Å². The molecule has 7 rings (SSSR count). The van der Waals surface area contributed by atoms with E-state index in [4.69, 9.17) is 0 Å². The summed E-state index contributed by atoms with van der Waals surface area (Å²) in [5.41, 5.74) is 3.00. The van der Waals surface area contributed by atoms with E-state index in [9.17, 15) is 23.2 Å². The molecular weight excluding hydrogens is 586 g/mol. The molecule has 0 unspecified atom stereocenters. The second-order valence-electron chi connectivity index (χ2n) is 12.8. The summed E-state index contributed by atoms with van der Waals surface area (Å²) in [4.78, 5) is 43.6. The molecule has 9 heteroatoms. The number of hydrogen-bond donors (Lipinski definition) is 1. The zero-order valence-corrected chi connectivity index (χ0v) is 25.5. The molecule has 1 N–H and O–H groups in total. The van der Waals surface area contributed by atoms with E-state index in [0.29, 0.717) is 55.6 Å². The number of amides is 2. The standard InChI is InChI=1S/C37H36F2N4O3/c38-29-8-4-9-30(39)35(29)36(45)40-31-20-27(37(46)41-16-14-25(15-17-41)18-24-6-2-1-3-7-24)12-13-33(31)42-21-26-19-28(23-42)32-10-5-11-34(44)43(32)22-26/h1-13,20,25-26,28H,14-19,21-23H2,(H,40,45)/t26-,28+/m1/s1. The van der Waals surface area contributed by atoms with Gasteiger partial charge in [0.25, 0.3) is 17.4 Å². The van der Waals surface area contributed by atoms with E-state index in [0.717, 1.165) is 43.5 Å². The van der Waals surface area contributed by atoms with Gasteiger partial charge in [0.15, 0.2) is 0 Å². The Kier molecular flexibility index (Phi) is 8.15. The number of carbonyl (C=O) groups excluding carboxylic acids is 2. The number of nitrogens with zero attached hydrogens (tertiary/aromatic N) is 3. The molecule has 2 saturated heterocycles. The van der Waals surface area contributed by atoms with Crippen molar-refractivity contribution in [1.82, 2.24) is 9.47 Å². The summed E-state index contributed by atoms with van der Waals surface area (Å²) >= 11 is 0. The number of halogens is 2. The molecule has 1 aromatic heterocycles. The zero-order valence-electron chi connectivity index (χ0n) is 25.5. The predicted molar refractivity (Wildman–Crippen MR) is 173 cm³/mol. The van der Waals surface area contributed by atoms with Gasteiger partial charge < -0.3 is 19.7 Å². The van der Waals surface area contributed by atoms with Crippen LogP contribution >= 0.6 is 0 Å². The third-order valence-corrected chi connectivity index (χ3v) is 9.77. The van der Waals surface area contributed by atoms with Gasteiger partial charge in [0, 0.05) is 56.0 Å². The summed E-state index contributed by atoms with van der Waals surface area (Å²) < 4.78 is 31.1. The molecule has 7 nitrogen and oxygen atoms in total. The SMILES string of the molecule is O=C(Nc1cc(C(=O)N2CCC(Cc3ccccc3)CC2)ccc1N1C[C@H]2C[C@@H](C1)c1cccc(=O)n1C2)c1c(F)cccc1F. The molecule has 4 aromatic rings. The van der Waals surface area contributed by atoms with Crippen molar-refractivity contribution in [3.63, 3.8) is 0 Å². The van der Waals surface area contributed by atoms with Gasteiger partial charge in [-0.05, 0) is 79.5 Å². The van der Waals surface area contributed by atoms with Crippen LogP contribution in [0, 0.1) is 23.5 Å². The van der Waals surface area contributed by atoms with Gasteiger partial charge in [0.2, 0.25) is 0 Å². The van der Waals surface area contributed by atoms with Crippen molar-refractivity contribution in [2.45, 2.75) is 38.1 Å². The second-order valence-corrected chi connectivity index (χ2v) is 12.8. The molecule has 236 valence electrons. The lowest BCUT2D eigenvalue weighted by atomic mass is 9.83. The number of carbonyl (C=O) groups is 2. The number of rotatable bonds is 6. The van der Waals surface area contributed by atoms with Crippen LogP contribution in [-0.2, 0) is 13.0 Å².